The zero-order valence-corrected chi connectivity index (χ0v) is 13.7. The molecule has 2 heterocycles. The van der Waals surface area contributed by atoms with Crippen LogP contribution in [0, 0.1) is 0 Å². The Bertz CT molecular complexity index is 1110. The normalized spacial score (nSPS) is 10.8. The molecule has 0 radical (unpaired) electrons. The van der Waals surface area contributed by atoms with Crippen LogP contribution in [0.3, 0.4) is 0 Å². The van der Waals surface area contributed by atoms with Crippen molar-refractivity contribution in [1.29, 1.82) is 0 Å². The lowest BCUT2D eigenvalue weighted by Gasteiger charge is -2.06. The summed E-state index contributed by atoms with van der Waals surface area (Å²) < 4.78 is 5.23. The van der Waals surface area contributed by atoms with Crippen molar-refractivity contribution < 1.29 is 9.21 Å². The van der Waals surface area contributed by atoms with Gasteiger partial charge in [-0.1, -0.05) is 18.2 Å². The van der Waals surface area contributed by atoms with Crippen molar-refractivity contribution in [2.75, 3.05) is 5.32 Å². The van der Waals surface area contributed by atoms with Gasteiger partial charge < -0.3 is 14.7 Å². The molecule has 6 heteroatoms. The maximum absolute atomic E-state index is 12.3. The van der Waals surface area contributed by atoms with E-state index < -0.39 is 0 Å². The lowest BCUT2D eigenvalue weighted by molar-refractivity contribution is -0.115. The van der Waals surface area contributed by atoms with Gasteiger partial charge in [0.05, 0.1) is 12.6 Å². The minimum atomic E-state index is -0.252. The zero-order chi connectivity index (χ0) is 17.9. The van der Waals surface area contributed by atoms with Gasteiger partial charge in [0.1, 0.15) is 0 Å². The fraction of sp³-hybridized carbons (Fsp3) is 0.0500. The molecule has 0 fully saturated rings. The minimum absolute atomic E-state index is 0.00399. The van der Waals surface area contributed by atoms with Crippen LogP contribution in [0.4, 0.5) is 5.69 Å². The molecule has 0 aliphatic heterocycles. The summed E-state index contributed by atoms with van der Waals surface area (Å²) in [5.41, 5.74) is 2.45. The molecule has 128 valence electrons. The lowest BCUT2D eigenvalue weighted by Crippen LogP contribution is -2.21. The van der Waals surface area contributed by atoms with Gasteiger partial charge in [0.15, 0.2) is 12.2 Å². The Hall–Kier alpha value is -3.67. The molecule has 4 rings (SSSR count). The van der Waals surface area contributed by atoms with Gasteiger partial charge in [-0.2, -0.15) is 0 Å². The van der Waals surface area contributed by atoms with Gasteiger partial charge >= 0.3 is 0 Å². The first-order valence-electron chi connectivity index (χ1n) is 8.09. The van der Waals surface area contributed by atoms with E-state index >= 15 is 0 Å². The predicted molar refractivity (Wildman–Crippen MR) is 98.8 cm³/mol. The summed E-state index contributed by atoms with van der Waals surface area (Å²) in [6, 6.07) is 16.4. The summed E-state index contributed by atoms with van der Waals surface area (Å²) in [7, 11) is 0. The van der Waals surface area contributed by atoms with Crippen LogP contribution in [0.1, 0.15) is 5.56 Å². The Labute approximate surface area is 148 Å². The molecule has 0 saturated heterocycles. The number of H-pyrrole nitrogens is 1. The maximum Gasteiger partial charge on any atom is 0.252 e. The summed E-state index contributed by atoms with van der Waals surface area (Å²) in [5.74, 6) is 0.406. The number of fused-ring (bicyclic) bond motifs is 1. The van der Waals surface area contributed by atoms with Crippen LogP contribution in [0.25, 0.3) is 22.2 Å². The fourth-order valence-electron chi connectivity index (χ4n) is 2.78. The zero-order valence-electron chi connectivity index (χ0n) is 13.7. The maximum atomic E-state index is 12.3. The van der Waals surface area contributed by atoms with Crippen LogP contribution in [0.5, 0.6) is 0 Å². The molecule has 0 atom stereocenters. The number of carbonyl (C=O) groups excluding carboxylic acids is 1. The Morgan fingerprint density at radius 1 is 1.12 bits per heavy atom. The average Bonchev–Trinajstić information content (AvgIpc) is 3.17. The third kappa shape index (κ3) is 3.25. The van der Waals surface area contributed by atoms with E-state index in [1.807, 2.05) is 36.4 Å². The first-order valence-corrected chi connectivity index (χ1v) is 8.09. The number of aromatic nitrogens is 2. The smallest absolute Gasteiger partial charge is 0.252 e. The quantitative estimate of drug-likeness (QED) is 0.594. The van der Waals surface area contributed by atoms with Gasteiger partial charge in [-0.05, 0) is 41.8 Å². The highest BCUT2D eigenvalue weighted by molar-refractivity contribution is 5.93. The molecule has 0 unspecified atom stereocenters. The summed E-state index contributed by atoms with van der Waals surface area (Å²) in [4.78, 5) is 31.1. The van der Waals surface area contributed by atoms with Crippen molar-refractivity contribution in [3.63, 3.8) is 0 Å². The molecule has 0 saturated carbocycles. The fourth-order valence-corrected chi connectivity index (χ4v) is 2.78. The number of nitrogens with one attached hydrogen (secondary N) is 2. The molecule has 0 aliphatic carbocycles. The van der Waals surface area contributed by atoms with E-state index in [4.69, 9.17) is 4.42 Å². The second-order valence-corrected chi connectivity index (χ2v) is 5.88. The van der Waals surface area contributed by atoms with Crippen LogP contribution in [0.15, 0.2) is 76.4 Å². The van der Waals surface area contributed by atoms with Gasteiger partial charge in [0.2, 0.25) is 5.91 Å². The third-order valence-electron chi connectivity index (χ3n) is 4.07. The SMILES string of the molecule is O=C(Cc1cc2ccccc2[nH]c1=O)Nc1ccc(-c2cnco2)cc1. The van der Waals surface area contributed by atoms with E-state index in [0.717, 1.165) is 16.5 Å². The van der Waals surface area contributed by atoms with Crippen molar-refractivity contribution in [1.82, 2.24) is 9.97 Å². The van der Waals surface area contributed by atoms with E-state index in [9.17, 15) is 9.59 Å². The molecule has 2 aromatic heterocycles. The van der Waals surface area contributed by atoms with Crippen molar-refractivity contribution in [2.45, 2.75) is 6.42 Å². The molecule has 6 nitrogen and oxygen atoms in total. The molecule has 4 aromatic rings. The van der Waals surface area contributed by atoms with E-state index in [1.54, 1.807) is 24.4 Å². The molecule has 0 bridgehead atoms. The Kier molecular flexibility index (Phi) is 4.07. The molecule has 0 spiro atoms. The minimum Gasteiger partial charge on any atom is -0.444 e. The number of hydrogen-bond donors (Lipinski definition) is 2. The monoisotopic (exact) mass is 345 g/mol. The van der Waals surface area contributed by atoms with E-state index in [0.29, 0.717) is 17.0 Å². The number of para-hydroxylation sites is 1. The van der Waals surface area contributed by atoms with Crippen LogP contribution in [-0.4, -0.2) is 15.9 Å². The molecule has 0 aliphatic rings. The van der Waals surface area contributed by atoms with E-state index in [1.165, 1.54) is 6.39 Å². The van der Waals surface area contributed by atoms with Crippen LogP contribution in [0.2, 0.25) is 0 Å². The largest absolute Gasteiger partial charge is 0.444 e. The van der Waals surface area contributed by atoms with Gasteiger partial charge in [-0.15, -0.1) is 0 Å². The lowest BCUT2D eigenvalue weighted by atomic mass is 10.1. The number of hydrogen-bond acceptors (Lipinski definition) is 4. The van der Waals surface area contributed by atoms with Crippen LogP contribution < -0.4 is 10.9 Å². The van der Waals surface area contributed by atoms with Crippen molar-refractivity contribution in [2.24, 2.45) is 0 Å². The summed E-state index contributed by atoms with van der Waals surface area (Å²) in [5, 5.41) is 3.69. The number of nitrogens with zero attached hydrogens (tertiary/aromatic N) is 1. The van der Waals surface area contributed by atoms with Gasteiger partial charge in [0, 0.05) is 22.3 Å². The van der Waals surface area contributed by atoms with Gasteiger partial charge in [-0.3, -0.25) is 9.59 Å². The highest BCUT2D eigenvalue weighted by Crippen LogP contribution is 2.20. The second-order valence-electron chi connectivity index (χ2n) is 5.88. The first kappa shape index (κ1) is 15.8. The molecule has 2 N–H and O–H groups in total. The summed E-state index contributed by atoms with van der Waals surface area (Å²) in [6.07, 6.45) is 3.00. The van der Waals surface area contributed by atoms with Crippen molar-refractivity contribution in [3.05, 3.63) is 83.1 Å². The molecule has 2 aromatic carbocycles. The number of anilines is 1. The predicted octanol–water partition coefficient (Wildman–Crippen LogP) is 3.36. The molecule has 26 heavy (non-hydrogen) atoms. The topological polar surface area (TPSA) is 88.0 Å². The van der Waals surface area contributed by atoms with E-state index in [2.05, 4.69) is 15.3 Å². The van der Waals surface area contributed by atoms with Crippen LogP contribution >= 0.6 is 0 Å². The van der Waals surface area contributed by atoms with Gasteiger partial charge in [-0.25, -0.2) is 4.98 Å². The number of amides is 1. The number of oxazole rings is 1. The second kappa shape index (κ2) is 6.68. The Morgan fingerprint density at radius 2 is 1.92 bits per heavy atom. The summed E-state index contributed by atoms with van der Waals surface area (Å²) in [6.45, 7) is 0. The average molecular weight is 345 g/mol. The molecular formula is C20H15N3O3. The number of benzene rings is 2. The molecule has 1 amide bonds. The number of carbonyl (C=O) groups is 1. The Balaban J connectivity index is 1.49. The van der Waals surface area contributed by atoms with Gasteiger partial charge in [0.25, 0.3) is 5.56 Å². The first-order chi connectivity index (χ1) is 12.7. The van der Waals surface area contributed by atoms with Crippen molar-refractivity contribution in [3.8, 4) is 11.3 Å². The standard InChI is InChI=1S/C20H15N3O3/c24-19(10-15-9-14-3-1-2-4-17(14)23-20(15)25)22-16-7-5-13(6-8-16)18-11-21-12-26-18/h1-9,11-12H,10H2,(H,22,24)(H,23,25). The summed E-state index contributed by atoms with van der Waals surface area (Å²) >= 11 is 0. The molecular weight excluding hydrogens is 330 g/mol. The Morgan fingerprint density at radius 3 is 2.69 bits per heavy atom. The number of aromatic amines is 1. The highest BCUT2D eigenvalue weighted by atomic mass is 16.3. The van der Waals surface area contributed by atoms with Crippen LogP contribution in [-0.2, 0) is 11.2 Å². The number of pyridine rings is 1. The van der Waals surface area contributed by atoms with Crippen molar-refractivity contribution >= 4 is 22.5 Å². The highest BCUT2D eigenvalue weighted by Gasteiger charge is 2.09. The third-order valence-corrected chi connectivity index (χ3v) is 4.07. The van der Waals surface area contributed by atoms with E-state index in [-0.39, 0.29) is 17.9 Å². The number of rotatable bonds is 4.